The molecule has 2 amide bonds. The summed E-state index contributed by atoms with van der Waals surface area (Å²) in [5.74, 6) is 0. The minimum Gasteiger partial charge on any atom is -0.308 e. The first-order chi connectivity index (χ1) is 7.42. The molecule has 0 atom stereocenters. The first-order valence-electron chi connectivity index (χ1n) is 4.66. The van der Waals surface area contributed by atoms with E-state index in [0.29, 0.717) is 12.1 Å². The minimum atomic E-state index is -4.72. The van der Waals surface area contributed by atoms with Gasteiger partial charge in [-0.2, -0.15) is 13.2 Å². The molecule has 0 unspecified atom stereocenters. The van der Waals surface area contributed by atoms with Gasteiger partial charge in [0.05, 0.1) is 0 Å². The zero-order valence-electron chi connectivity index (χ0n) is 8.56. The lowest BCUT2D eigenvalue weighted by atomic mass is 10.1. The fraction of sp³-hybridized carbons (Fsp3) is 0.300. The maximum absolute atomic E-state index is 11.8. The van der Waals surface area contributed by atoms with E-state index in [1.54, 1.807) is 24.3 Å². The van der Waals surface area contributed by atoms with E-state index in [4.69, 9.17) is 0 Å². The standard InChI is InChI=1S/C10H11F3N2O/c1-2-7-5-3-4-6-8(7)14-9(16)15-10(11,12)13/h3-6H,2H2,1H3,(H2,14,15,16). The summed E-state index contributed by atoms with van der Waals surface area (Å²) in [4.78, 5) is 11.0. The fourth-order valence-electron chi connectivity index (χ4n) is 1.23. The molecule has 0 fully saturated rings. The first kappa shape index (κ1) is 12.4. The predicted octanol–water partition coefficient (Wildman–Crippen LogP) is 2.89. The van der Waals surface area contributed by atoms with E-state index in [1.807, 2.05) is 6.92 Å². The van der Waals surface area contributed by atoms with Crippen molar-refractivity contribution in [1.29, 1.82) is 0 Å². The van der Waals surface area contributed by atoms with E-state index < -0.39 is 12.3 Å². The van der Waals surface area contributed by atoms with Crippen molar-refractivity contribution in [2.75, 3.05) is 5.32 Å². The molecule has 0 saturated heterocycles. The Morgan fingerprint density at radius 2 is 1.94 bits per heavy atom. The third kappa shape index (κ3) is 3.80. The molecule has 88 valence electrons. The van der Waals surface area contributed by atoms with Crippen LogP contribution in [-0.2, 0) is 6.42 Å². The number of para-hydroxylation sites is 1. The molecule has 2 N–H and O–H groups in total. The van der Waals surface area contributed by atoms with Crippen LogP contribution in [0.25, 0.3) is 0 Å². The average molecular weight is 232 g/mol. The molecule has 0 heterocycles. The van der Waals surface area contributed by atoms with Crippen molar-refractivity contribution in [3.05, 3.63) is 29.8 Å². The number of hydrogen-bond donors (Lipinski definition) is 2. The molecule has 6 heteroatoms. The van der Waals surface area contributed by atoms with Crippen LogP contribution in [0.1, 0.15) is 12.5 Å². The lowest BCUT2D eigenvalue weighted by Gasteiger charge is -2.12. The highest BCUT2D eigenvalue weighted by atomic mass is 19.4. The number of alkyl halides is 3. The van der Waals surface area contributed by atoms with Gasteiger partial charge in [0.2, 0.25) is 0 Å². The van der Waals surface area contributed by atoms with Gasteiger partial charge in [0.15, 0.2) is 0 Å². The molecule has 0 aliphatic carbocycles. The first-order valence-corrected chi connectivity index (χ1v) is 4.66. The number of anilines is 1. The Labute approximate surface area is 90.6 Å². The summed E-state index contributed by atoms with van der Waals surface area (Å²) in [5, 5.41) is 3.02. The van der Waals surface area contributed by atoms with Crippen LogP contribution < -0.4 is 10.6 Å². The lowest BCUT2D eigenvalue weighted by Crippen LogP contribution is -2.40. The van der Waals surface area contributed by atoms with Gasteiger partial charge in [0.25, 0.3) is 0 Å². The van der Waals surface area contributed by atoms with Gasteiger partial charge in [-0.3, -0.25) is 0 Å². The monoisotopic (exact) mass is 232 g/mol. The second kappa shape index (κ2) is 4.87. The quantitative estimate of drug-likeness (QED) is 0.756. The van der Waals surface area contributed by atoms with Crippen LogP contribution in [0.15, 0.2) is 24.3 Å². The van der Waals surface area contributed by atoms with Crippen molar-refractivity contribution in [3.63, 3.8) is 0 Å². The number of aryl methyl sites for hydroxylation is 1. The topological polar surface area (TPSA) is 41.1 Å². The number of amides is 2. The Morgan fingerprint density at radius 3 is 2.50 bits per heavy atom. The van der Waals surface area contributed by atoms with Crippen LogP contribution >= 0.6 is 0 Å². The Balaban J connectivity index is 2.70. The van der Waals surface area contributed by atoms with Crippen LogP contribution in [0.3, 0.4) is 0 Å². The molecule has 1 rings (SSSR count). The van der Waals surface area contributed by atoms with Gasteiger partial charge in [-0.25, -0.2) is 10.1 Å². The molecule has 0 saturated carbocycles. The number of benzene rings is 1. The number of carbonyl (C=O) groups excluding carboxylic acids is 1. The molecule has 3 nitrogen and oxygen atoms in total. The summed E-state index contributed by atoms with van der Waals surface area (Å²) in [5.41, 5.74) is 1.16. The van der Waals surface area contributed by atoms with Crippen molar-refractivity contribution in [1.82, 2.24) is 5.32 Å². The normalized spacial score (nSPS) is 11.0. The largest absolute Gasteiger partial charge is 0.485 e. The van der Waals surface area contributed by atoms with Crippen molar-refractivity contribution in [2.45, 2.75) is 19.6 Å². The van der Waals surface area contributed by atoms with Gasteiger partial charge in [0.1, 0.15) is 0 Å². The maximum atomic E-state index is 11.8. The summed E-state index contributed by atoms with van der Waals surface area (Å²) in [6, 6.07) is 5.40. The molecule has 1 aromatic rings. The number of halogens is 3. The van der Waals surface area contributed by atoms with Crippen LogP contribution in [0.4, 0.5) is 23.7 Å². The van der Waals surface area contributed by atoms with Gasteiger partial charge < -0.3 is 5.32 Å². The van der Waals surface area contributed by atoms with Crippen LogP contribution in [-0.4, -0.2) is 12.3 Å². The van der Waals surface area contributed by atoms with E-state index in [2.05, 4.69) is 5.32 Å². The van der Waals surface area contributed by atoms with E-state index in [0.717, 1.165) is 10.9 Å². The summed E-state index contributed by atoms with van der Waals surface area (Å²) in [6.45, 7) is 1.85. The molecule has 0 spiro atoms. The number of hydrogen-bond acceptors (Lipinski definition) is 1. The van der Waals surface area contributed by atoms with Gasteiger partial charge in [-0.15, -0.1) is 0 Å². The van der Waals surface area contributed by atoms with Gasteiger partial charge >= 0.3 is 12.3 Å². The summed E-state index contributed by atoms with van der Waals surface area (Å²) in [7, 11) is 0. The molecular formula is C10H11F3N2O. The molecule has 0 bridgehead atoms. The summed E-state index contributed by atoms with van der Waals surface area (Å²) in [6.07, 6.45) is -4.09. The highest BCUT2D eigenvalue weighted by molar-refractivity contribution is 5.90. The van der Waals surface area contributed by atoms with E-state index in [1.165, 1.54) is 0 Å². The Hall–Kier alpha value is -1.72. The second-order valence-electron chi connectivity index (χ2n) is 3.09. The Bertz CT molecular complexity index is 377. The van der Waals surface area contributed by atoms with Crippen LogP contribution in [0.5, 0.6) is 0 Å². The summed E-state index contributed by atoms with van der Waals surface area (Å²) >= 11 is 0. The molecule has 1 aromatic carbocycles. The number of carbonyl (C=O) groups is 1. The molecular weight excluding hydrogens is 221 g/mol. The highest BCUT2D eigenvalue weighted by Gasteiger charge is 2.30. The lowest BCUT2D eigenvalue weighted by molar-refractivity contribution is -0.144. The third-order valence-electron chi connectivity index (χ3n) is 1.90. The second-order valence-corrected chi connectivity index (χ2v) is 3.09. The van der Waals surface area contributed by atoms with Crippen molar-refractivity contribution < 1.29 is 18.0 Å². The van der Waals surface area contributed by atoms with Crippen molar-refractivity contribution >= 4 is 11.7 Å². The molecule has 0 radical (unpaired) electrons. The van der Waals surface area contributed by atoms with Gasteiger partial charge in [0, 0.05) is 5.69 Å². The number of nitrogens with one attached hydrogen (secondary N) is 2. The van der Waals surface area contributed by atoms with E-state index in [-0.39, 0.29) is 0 Å². The smallest absolute Gasteiger partial charge is 0.308 e. The Kier molecular flexibility index (Phi) is 3.76. The summed E-state index contributed by atoms with van der Waals surface area (Å²) < 4.78 is 35.5. The molecule has 0 aliphatic heterocycles. The maximum Gasteiger partial charge on any atom is 0.485 e. The number of urea groups is 1. The highest BCUT2D eigenvalue weighted by Crippen LogP contribution is 2.16. The van der Waals surface area contributed by atoms with Gasteiger partial charge in [-0.05, 0) is 18.1 Å². The Morgan fingerprint density at radius 1 is 1.31 bits per heavy atom. The van der Waals surface area contributed by atoms with Crippen LogP contribution in [0.2, 0.25) is 0 Å². The average Bonchev–Trinajstić information content (AvgIpc) is 2.15. The number of rotatable bonds is 2. The van der Waals surface area contributed by atoms with Crippen molar-refractivity contribution in [3.8, 4) is 0 Å². The zero-order valence-corrected chi connectivity index (χ0v) is 8.56. The zero-order chi connectivity index (χ0) is 12.2. The van der Waals surface area contributed by atoms with E-state index in [9.17, 15) is 18.0 Å². The predicted molar refractivity (Wildman–Crippen MR) is 54.0 cm³/mol. The van der Waals surface area contributed by atoms with E-state index >= 15 is 0 Å². The molecule has 0 aromatic heterocycles. The fourth-order valence-corrected chi connectivity index (χ4v) is 1.23. The minimum absolute atomic E-state index is 0.381. The molecule has 0 aliphatic rings. The molecule has 16 heavy (non-hydrogen) atoms. The van der Waals surface area contributed by atoms with Gasteiger partial charge in [-0.1, -0.05) is 25.1 Å². The SMILES string of the molecule is CCc1ccccc1NC(=O)NC(F)(F)F. The third-order valence-corrected chi connectivity index (χ3v) is 1.90. The van der Waals surface area contributed by atoms with Crippen LogP contribution in [0, 0.1) is 0 Å². The van der Waals surface area contributed by atoms with Crippen molar-refractivity contribution in [2.24, 2.45) is 0 Å².